The molecule has 0 bridgehead atoms. The first kappa shape index (κ1) is 18.2. The molecule has 0 radical (unpaired) electrons. The van der Waals surface area contributed by atoms with Gasteiger partial charge in [-0.3, -0.25) is 9.69 Å². The molecule has 138 valence electrons. The number of ether oxygens (including phenoxy) is 2. The number of morpholine rings is 1. The van der Waals surface area contributed by atoms with Crippen LogP contribution in [0, 0.1) is 0 Å². The van der Waals surface area contributed by atoms with Crippen LogP contribution in [0.5, 0.6) is 5.75 Å². The molecule has 1 amide bonds. The quantitative estimate of drug-likeness (QED) is 0.777. The van der Waals surface area contributed by atoms with Crippen LogP contribution in [0.15, 0.2) is 24.3 Å². The second kappa shape index (κ2) is 8.65. The Bertz CT molecular complexity index is 567. The number of nitrogens with one attached hydrogen (secondary N) is 1. The van der Waals surface area contributed by atoms with E-state index in [1.807, 2.05) is 24.3 Å². The van der Waals surface area contributed by atoms with E-state index >= 15 is 0 Å². The van der Waals surface area contributed by atoms with Gasteiger partial charge >= 0.3 is 0 Å². The monoisotopic (exact) mass is 347 g/mol. The lowest BCUT2D eigenvalue weighted by Gasteiger charge is -2.26. The maximum absolute atomic E-state index is 12.3. The zero-order valence-corrected chi connectivity index (χ0v) is 14.8. The maximum atomic E-state index is 12.3. The number of amides is 1. The van der Waals surface area contributed by atoms with Crippen molar-refractivity contribution >= 4 is 5.91 Å². The van der Waals surface area contributed by atoms with Crippen molar-refractivity contribution in [2.24, 2.45) is 5.73 Å². The molecule has 1 aliphatic heterocycles. The van der Waals surface area contributed by atoms with Gasteiger partial charge in [0.15, 0.2) is 0 Å². The topological polar surface area (TPSA) is 76.8 Å². The molecule has 0 unspecified atom stereocenters. The highest BCUT2D eigenvalue weighted by Crippen LogP contribution is 2.27. The van der Waals surface area contributed by atoms with Crippen LogP contribution in [0.1, 0.15) is 31.2 Å². The zero-order valence-electron chi connectivity index (χ0n) is 14.8. The van der Waals surface area contributed by atoms with Crippen LogP contribution in [-0.4, -0.2) is 55.8 Å². The predicted molar refractivity (Wildman–Crippen MR) is 96.4 cm³/mol. The first-order chi connectivity index (χ1) is 12.2. The zero-order chi connectivity index (χ0) is 17.5. The molecule has 1 aliphatic carbocycles. The Labute approximate surface area is 149 Å². The molecule has 2 fully saturated rings. The lowest BCUT2D eigenvalue weighted by atomic mass is 9.98. The molecule has 6 heteroatoms. The van der Waals surface area contributed by atoms with Crippen LogP contribution < -0.4 is 15.8 Å². The summed E-state index contributed by atoms with van der Waals surface area (Å²) >= 11 is 0. The summed E-state index contributed by atoms with van der Waals surface area (Å²) in [5.41, 5.74) is 6.54. The van der Waals surface area contributed by atoms with Gasteiger partial charge in [-0.1, -0.05) is 25.0 Å². The number of carbonyl (C=O) groups excluding carboxylic acids is 1. The van der Waals surface area contributed by atoms with Crippen molar-refractivity contribution in [1.29, 1.82) is 0 Å². The van der Waals surface area contributed by atoms with Gasteiger partial charge in [-0.05, 0) is 30.5 Å². The van der Waals surface area contributed by atoms with E-state index in [4.69, 9.17) is 15.2 Å². The first-order valence-corrected chi connectivity index (χ1v) is 9.25. The van der Waals surface area contributed by atoms with Crippen molar-refractivity contribution in [2.75, 3.05) is 39.5 Å². The molecule has 0 spiro atoms. The van der Waals surface area contributed by atoms with Gasteiger partial charge < -0.3 is 20.5 Å². The molecule has 0 aromatic heterocycles. The molecule has 1 aromatic carbocycles. The third-order valence-corrected chi connectivity index (χ3v) is 5.08. The Balaban J connectivity index is 1.43. The molecule has 25 heavy (non-hydrogen) atoms. The Hall–Kier alpha value is -1.63. The van der Waals surface area contributed by atoms with Gasteiger partial charge in [0.2, 0.25) is 5.91 Å². The fourth-order valence-corrected chi connectivity index (χ4v) is 3.45. The van der Waals surface area contributed by atoms with Crippen LogP contribution in [0.3, 0.4) is 0 Å². The van der Waals surface area contributed by atoms with E-state index in [1.165, 1.54) is 0 Å². The molecule has 1 saturated carbocycles. The predicted octanol–water partition coefficient (Wildman–Crippen LogP) is 1.29. The van der Waals surface area contributed by atoms with Crippen LogP contribution in [0.2, 0.25) is 0 Å². The van der Waals surface area contributed by atoms with Crippen LogP contribution >= 0.6 is 0 Å². The number of hydrogen-bond donors (Lipinski definition) is 2. The van der Waals surface area contributed by atoms with E-state index in [0.29, 0.717) is 13.2 Å². The SMILES string of the molecule is NC1(C(=O)NCc2cccc(OCCN3CCOCC3)c2)CCCC1. The van der Waals surface area contributed by atoms with Gasteiger partial charge in [0.05, 0.1) is 18.8 Å². The Morgan fingerprint density at radius 1 is 1.28 bits per heavy atom. The second-order valence-electron chi connectivity index (χ2n) is 7.00. The van der Waals surface area contributed by atoms with Crippen molar-refractivity contribution in [3.05, 3.63) is 29.8 Å². The van der Waals surface area contributed by atoms with E-state index in [9.17, 15) is 4.79 Å². The summed E-state index contributed by atoms with van der Waals surface area (Å²) in [6.07, 6.45) is 3.64. The van der Waals surface area contributed by atoms with Crippen LogP contribution in [0.25, 0.3) is 0 Å². The maximum Gasteiger partial charge on any atom is 0.240 e. The van der Waals surface area contributed by atoms with Gasteiger partial charge in [0.1, 0.15) is 12.4 Å². The molecule has 1 heterocycles. The largest absolute Gasteiger partial charge is 0.492 e. The summed E-state index contributed by atoms with van der Waals surface area (Å²) in [4.78, 5) is 14.6. The fraction of sp³-hybridized carbons (Fsp3) is 0.632. The number of benzene rings is 1. The fourth-order valence-electron chi connectivity index (χ4n) is 3.45. The van der Waals surface area contributed by atoms with Crippen molar-refractivity contribution in [3.63, 3.8) is 0 Å². The summed E-state index contributed by atoms with van der Waals surface area (Å²) in [7, 11) is 0. The number of hydrogen-bond acceptors (Lipinski definition) is 5. The average Bonchev–Trinajstić information content (AvgIpc) is 3.09. The molecule has 1 saturated heterocycles. The number of rotatable bonds is 7. The second-order valence-corrected chi connectivity index (χ2v) is 7.00. The Kier molecular flexibility index (Phi) is 6.29. The van der Waals surface area contributed by atoms with Crippen molar-refractivity contribution in [3.8, 4) is 5.75 Å². The number of nitrogens with two attached hydrogens (primary N) is 1. The van der Waals surface area contributed by atoms with Crippen molar-refractivity contribution in [1.82, 2.24) is 10.2 Å². The van der Waals surface area contributed by atoms with E-state index in [2.05, 4.69) is 10.2 Å². The summed E-state index contributed by atoms with van der Waals surface area (Å²) in [5.74, 6) is 0.798. The van der Waals surface area contributed by atoms with E-state index in [1.54, 1.807) is 0 Å². The third kappa shape index (κ3) is 5.17. The van der Waals surface area contributed by atoms with Crippen LogP contribution in [0.4, 0.5) is 0 Å². The highest BCUT2D eigenvalue weighted by atomic mass is 16.5. The van der Waals surface area contributed by atoms with Crippen LogP contribution in [-0.2, 0) is 16.1 Å². The summed E-state index contributed by atoms with van der Waals surface area (Å²) in [5, 5.41) is 2.97. The first-order valence-electron chi connectivity index (χ1n) is 9.25. The molecule has 3 rings (SSSR count). The highest BCUT2D eigenvalue weighted by molar-refractivity contribution is 5.86. The van der Waals surface area contributed by atoms with Gasteiger partial charge in [0, 0.05) is 26.2 Å². The molecular weight excluding hydrogens is 318 g/mol. The van der Waals surface area contributed by atoms with E-state index in [0.717, 1.165) is 69.8 Å². The van der Waals surface area contributed by atoms with E-state index in [-0.39, 0.29) is 5.91 Å². The molecule has 6 nitrogen and oxygen atoms in total. The van der Waals surface area contributed by atoms with Crippen molar-refractivity contribution in [2.45, 2.75) is 37.8 Å². The number of nitrogens with zero attached hydrogens (tertiary/aromatic N) is 1. The Morgan fingerprint density at radius 3 is 2.80 bits per heavy atom. The Morgan fingerprint density at radius 2 is 2.04 bits per heavy atom. The highest BCUT2D eigenvalue weighted by Gasteiger charge is 2.36. The van der Waals surface area contributed by atoms with E-state index < -0.39 is 5.54 Å². The molecule has 1 aromatic rings. The molecular formula is C19H29N3O3. The summed E-state index contributed by atoms with van der Waals surface area (Å²) in [6.45, 7) is 5.59. The van der Waals surface area contributed by atoms with Crippen molar-refractivity contribution < 1.29 is 14.3 Å². The smallest absolute Gasteiger partial charge is 0.240 e. The van der Waals surface area contributed by atoms with Gasteiger partial charge in [-0.15, -0.1) is 0 Å². The molecule has 2 aliphatic rings. The van der Waals surface area contributed by atoms with Gasteiger partial charge in [-0.2, -0.15) is 0 Å². The standard InChI is InChI=1S/C19H29N3O3/c20-19(6-1-2-7-19)18(23)21-15-16-4-3-5-17(14-16)25-13-10-22-8-11-24-12-9-22/h3-5,14H,1-2,6-13,15,20H2,(H,21,23). The minimum Gasteiger partial charge on any atom is -0.492 e. The average molecular weight is 347 g/mol. The van der Waals surface area contributed by atoms with Gasteiger partial charge in [-0.25, -0.2) is 0 Å². The summed E-state index contributed by atoms with van der Waals surface area (Å²) in [6, 6.07) is 7.88. The minimum absolute atomic E-state index is 0.0383. The lowest BCUT2D eigenvalue weighted by molar-refractivity contribution is -0.126. The molecule has 3 N–H and O–H groups in total. The normalized spacial score (nSPS) is 20.4. The molecule has 0 atom stereocenters. The third-order valence-electron chi connectivity index (χ3n) is 5.08. The minimum atomic E-state index is -0.674. The van der Waals surface area contributed by atoms with Gasteiger partial charge in [0.25, 0.3) is 0 Å². The lowest BCUT2D eigenvalue weighted by Crippen LogP contribution is -2.51. The summed E-state index contributed by atoms with van der Waals surface area (Å²) < 4.78 is 11.2. The number of carbonyl (C=O) groups is 1.